The standard InChI is InChI=1S/C26H27FN2O3.C4H8/c1-5-15(11-30)17-8-22-25-18(10-29(22)26(31)19(17)12-32-4)23-13(2)6-7-16-14(3)20(27)9-21(28-25)24(16)23;1-3-4-2/h8-9,11,13,15H,5-7,10,12H2,1-4H3;3-4H,1-2H3/b;4-3-. The number of ether oxygens (including phenoxy) is 1. The third-order valence-electron chi connectivity index (χ3n) is 7.68. The molecule has 0 saturated heterocycles. The van der Waals surface area contributed by atoms with Crippen LogP contribution in [0, 0.1) is 12.7 Å². The summed E-state index contributed by atoms with van der Waals surface area (Å²) in [5.74, 6) is -0.320. The molecule has 2 atom stereocenters. The average molecular weight is 491 g/mol. The van der Waals surface area contributed by atoms with Crippen molar-refractivity contribution in [2.75, 3.05) is 7.11 Å². The Labute approximate surface area is 212 Å². The van der Waals surface area contributed by atoms with E-state index in [2.05, 4.69) is 6.92 Å². The molecule has 6 heteroatoms. The van der Waals surface area contributed by atoms with E-state index in [9.17, 15) is 14.0 Å². The maximum atomic E-state index is 14.7. The predicted molar refractivity (Wildman–Crippen MR) is 142 cm³/mol. The first-order valence-electron chi connectivity index (χ1n) is 12.8. The fraction of sp³-hybridized carbons (Fsp3) is 0.433. The Hall–Kier alpha value is -3.12. The molecule has 2 aromatic heterocycles. The minimum atomic E-state index is -0.382. The van der Waals surface area contributed by atoms with Gasteiger partial charge in [0.25, 0.3) is 5.56 Å². The Bertz CT molecular complexity index is 1420. The number of halogens is 1. The third kappa shape index (κ3) is 4.11. The summed E-state index contributed by atoms with van der Waals surface area (Å²) >= 11 is 0. The number of fused-ring (bicyclic) bond motifs is 4. The second kappa shape index (κ2) is 10.5. The van der Waals surface area contributed by atoms with E-state index in [0.29, 0.717) is 46.8 Å². The maximum Gasteiger partial charge on any atom is 0.257 e. The molecule has 1 aromatic carbocycles. The summed E-state index contributed by atoms with van der Waals surface area (Å²) in [6.45, 7) is 10.6. The van der Waals surface area contributed by atoms with Gasteiger partial charge in [-0.05, 0) is 74.3 Å². The van der Waals surface area contributed by atoms with Crippen LogP contribution in [0.5, 0.6) is 0 Å². The molecular weight excluding hydrogens is 455 g/mol. The lowest BCUT2D eigenvalue weighted by Gasteiger charge is -2.26. The molecule has 3 heterocycles. The minimum Gasteiger partial charge on any atom is -0.380 e. The van der Waals surface area contributed by atoms with Gasteiger partial charge in [0.1, 0.15) is 12.1 Å². The number of allylic oxidation sites excluding steroid dienone is 2. The van der Waals surface area contributed by atoms with Crippen LogP contribution in [-0.2, 0) is 29.1 Å². The van der Waals surface area contributed by atoms with E-state index in [0.717, 1.165) is 41.3 Å². The zero-order valence-corrected chi connectivity index (χ0v) is 22.1. The minimum absolute atomic E-state index is 0.139. The SMILES string of the molecule is C/C=C\C.CCC(C=O)c1cc2n(c(=O)c1COC)Cc1c-2nc2cc(F)c(C)c3c2c1C(C)CC3. The first kappa shape index (κ1) is 26.0. The highest BCUT2D eigenvalue weighted by Crippen LogP contribution is 2.45. The monoisotopic (exact) mass is 490 g/mol. The molecule has 2 unspecified atom stereocenters. The first-order valence-corrected chi connectivity index (χ1v) is 12.8. The molecule has 1 aliphatic heterocycles. The quantitative estimate of drug-likeness (QED) is 0.242. The summed E-state index contributed by atoms with van der Waals surface area (Å²) in [6, 6.07) is 3.45. The largest absolute Gasteiger partial charge is 0.380 e. The number of nitrogens with zero attached hydrogens (tertiary/aromatic N) is 2. The summed E-state index contributed by atoms with van der Waals surface area (Å²) in [6.07, 6.45) is 7.26. The molecule has 5 nitrogen and oxygen atoms in total. The van der Waals surface area contributed by atoms with E-state index < -0.39 is 0 Å². The zero-order valence-electron chi connectivity index (χ0n) is 22.1. The second-order valence-electron chi connectivity index (χ2n) is 9.75. The summed E-state index contributed by atoms with van der Waals surface area (Å²) in [7, 11) is 1.55. The van der Waals surface area contributed by atoms with Crippen molar-refractivity contribution in [1.29, 1.82) is 0 Å². The van der Waals surface area contributed by atoms with E-state index >= 15 is 0 Å². The number of hydrogen-bond acceptors (Lipinski definition) is 4. The number of aromatic nitrogens is 2. The Kier molecular flexibility index (Phi) is 7.55. The highest BCUT2D eigenvalue weighted by atomic mass is 19.1. The number of hydrogen-bond donors (Lipinski definition) is 0. The molecule has 190 valence electrons. The van der Waals surface area contributed by atoms with E-state index in [1.54, 1.807) is 11.7 Å². The van der Waals surface area contributed by atoms with Gasteiger partial charge in [-0.1, -0.05) is 26.0 Å². The molecule has 3 aromatic rings. The number of aldehydes is 1. The summed E-state index contributed by atoms with van der Waals surface area (Å²) in [5, 5.41) is 1.05. The Balaban J connectivity index is 0.000000709. The van der Waals surface area contributed by atoms with Gasteiger partial charge in [-0.25, -0.2) is 9.37 Å². The van der Waals surface area contributed by atoms with Crippen LogP contribution in [0.2, 0.25) is 0 Å². The normalized spacial score (nSPS) is 16.5. The molecular formula is C30H35FN2O3. The Morgan fingerprint density at radius 1 is 1.25 bits per heavy atom. The van der Waals surface area contributed by atoms with Crippen molar-refractivity contribution in [2.45, 2.75) is 78.9 Å². The molecule has 0 spiro atoms. The van der Waals surface area contributed by atoms with Gasteiger partial charge in [0.05, 0.1) is 30.1 Å². The van der Waals surface area contributed by atoms with Crippen LogP contribution in [-0.4, -0.2) is 22.9 Å². The van der Waals surface area contributed by atoms with Gasteiger partial charge in [0.15, 0.2) is 0 Å². The number of benzene rings is 1. The van der Waals surface area contributed by atoms with E-state index in [1.165, 1.54) is 11.6 Å². The molecule has 0 bridgehead atoms. The summed E-state index contributed by atoms with van der Waals surface area (Å²) in [4.78, 5) is 30.2. The van der Waals surface area contributed by atoms with Gasteiger partial charge >= 0.3 is 0 Å². The van der Waals surface area contributed by atoms with Gasteiger partial charge in [-0.15, -0.1) is 0 Å². The maximum absolute atomic E-state index is 14.7. The number of aryl methyl sites for hydroxylation is 1. The van der Waals surface area contributed by atoms with Crippen LogP contribution in [0.25, 0.3) is 22.3 Å². The highest BCUT2D eigenvalue weighted by molar-refractivity contribution is 5.93. The van der Waals surface area contributed by atoms with Crippen molar-refractivity contribution < 1.29 is 13.9 Å². The van der Waals surface area contributed by atoms with Crippen LogP contribution >= 0.6 is 0 Å². The van der Waals surface area contributed by atoms with Crippen molar-refractivity contribution in [3.8, 4) is 11.4 Å². The summed E-state index contributed by atoms with van der Waals surface area (Å²) < 4.78 is 21.8. The highest BCUT2D eigenvalue weighted by Gasteiger charge is 2.33. The molecule has 0 radical (unpaired) electrons. The number of methoxy groups -OCH3 is 1. The average Bonchev–Trinajstić information content (AvgIpc) is 3.24. The first-order chi connectivity index (χ1) is 17.3. The third-order valence-corrected chi connectivity index (χ3v) is 7.68. The van der Waals surface area contributed by atoms with Crippen molar-refractivity contribution >= 4 is 17.2 Å². The number of rotatable bonds is 5. The lowest BCUT2D eigenvalue weighted by molar-refractivity contribution is -0.109. The zero-order chi connectivity index (χ0) is 26.1. The number of pyridine rings is 2. The van der Waals surface area contributed by atoms with Crippen molar-refractivity contribution in [2.24, 2.45) is 0 Å². The van der Waals surface area contributed by atoms with Crippen LogP contribution in [0.15, 0.2) is 29.1 Å². The topological polar surface area (TPSA) is 61.2 Å². The number of carbonyl (C=O) groups is 1. The predicted octanol–water partition coefficient (Wildman–Crippen LogP) is 6.34. The van der Waals surface area contributed by atoms with E-state index in [-0.39, 0.29) is 23.9 Å². The lowest BCUT2D eigenvalue weighted by Crippen LogP contribution is -2.26. The molecule has 2 aliphatic rings. The summed E-state index contributed by atoms with van der Waals surface area (Å²) in [5.41, 5.74) is 7.15. The smallest absolute Gasteiger partial charge is 0.257 e. The lowest BCUT2D eigenvalue weighted by atomic mass is 9.79. The van der Waals surface area contributed by atoms with Crippen LogP contribution in [0.1, 0.15) is 85.8 Å². The van der Waals surface area contributed by atoms with E-state index in [1.807, 2.05) is 45.9 Å². The molecule has 0 fully saturated rings. The van der Waals surface area contributed by atoms with Gasteiger partial charge in [-0.3, -0.25) is 4.79 Å². The van der Waals surface area contributed by atoms with Gasteiger partial charge < -0.3 is 14.1 Å². The fourth-order valence-corrected chi connectivity index (χ4v) is 5.60. The second-order valence-corrected chi connectivity index (χ2v) is 9.75. The Morgan fingerprint density at radius 3 is 2.58 bits per heavy atom. The van der Waals surface area contributed by atoms with Crippen molar-refractivity contribution in [3.63, 3.8) is 0 Å². The Morgan fingerprint density at radius 2 is 1.97 bits per heavy atom. The van der Waals surface area contributed by atoms with Gasteiger partial charge in [0, 0.05) is 35.6 Å². The molecule has 1 aliphatic carbocycles. The van der Waals surface area contributed by atoms with E-state index in [4.69, 9.17) is 9.72 Å². The molecule has 0 saturated carbocycles. The molecule has 5 rings (SSSR count). The molecule has 0 N–H and O–H groups in total. The fourth-order valence-electron chi connectivity index (χ4n) is 5.60. The van der Waals surface area contributed by atoms with Crippen molar-refractivity contribution in [3.05, 3.63) is 73.8 Å². The van der Waals surface area contributed by atoms with Crippen molar-refractivity contribution in [1.82, 2.24) is 9.55 Å². The van der Waals surface area contributed by atoms with Gasteiger partial charge in [0.2, 0.25) is 0 Å². The molecule has 36 heavy (non-hydrogen) atoms. The number of carbonyl (C=O) groups excluding carboxylic acids is 1. The van der Waals surface area contributed by atoms with Crippen LogP contribution in [0.3, 0.4) is 0 Å². The van der Waals surface area contributed by atoms with Crippen LogP contribution < -0.4 is 5.56 Å². The van der Waals surface area contributed by atoms with Gasteiger partial charge in [-0.2, -0.15) is 0 Å². The molecule has 0 amide bonds. The van der Waals surface area contributed by atoms with Crippen LogP contribution in [0.4, 0.5) is 4.39 Å².